The number of hydrogen-bond acceptors (Lipinski definition) is 3. The second-order valence-corrected chi connectivity index (χ2v) is 5.28. The number of fused-ring (bicyclic) bond motifs is 1. The zero-order valence-corrected chi connectivity index (χ0v) is 9.15. The Morgan fingerprint density at radius 2 is 2.00 bits per heavy atom. The lowest BCUT2D eigenvalue weighted by Crippen LogP contribution is -2.58. The zero-order valence-electron chi connectivity index (χ0n) is 9.15. The van der Waals surface area contributed by atoms with Crippen molar-refractivity contribution in [2.24, 2.45) is 11.8 Å². The Morgan fingerprint density at radius 1 is 1.20 bits per heavy atom. The monoisotopic (exact) mass is 212 g/mol. The minimum atomic E-state index is -0.236. The second kappa shape index (κ2) is 3.72. The average Bonchev–Trinajstić information content (AvgIpc) is 2.24. The van der Waals surface area contributed by atoms with Crippen LogP contribution in [0.1, 0.15) is 38.5 Å². The molecule has 1 saturated heterocycles. The van der Waals surface area contributed by atoms with Crippen LogP contribution >= 0.6 is 0 Å². The Morgan fingerprint density at radius 3 is 2.67 bits per heavy atom. The summed E-state index contributed by atoms with van der Waals surface area (Å²) in [5.74, 6) is 0.651. The van der Waals surface area contributed by atoms with Crippen molar-refractivity contribution in [3.63, 3.8) is 0 Å². The lowest BCUT2D eigenvalue weighted by atomic mass is 9.70. The van der Waals surface area contributed by atoms with Crippen LogP contribution in [-0.4, -0.2) is 30.2 Å². The van der Waals surface area contributed by atoms with E-state index in [1.54, 1.807) is 0 Å². The molecule has 3 atom stereocenters. The summed E-state index contributed by atoms with van der Waals surface area (Å²) in [7, 11) is 0. The smallest absolute Gasteiger partial charge is 0.168 e. The molecule has 0 bridgehead atoms. The fraction of sp³-hybridized carbons (Fsp3) is 1.00. The summed E-state index contributed by atoms with van der Waals surface area (Å²) in [6.45, 7) is 1.09. The SMILES string of the molecule is OC[C@H]1C[C@@H]2OC3(CCCCC3)OC[C@H]12. The van der Waals surface area contributed by atoms with Crippen LogP contribution in [0.25, 0.3) is 0 Å². The molecule has 0 amide bonds. The average molecular weight is 212 g/mol. The fourth-order valence-electron chi connectivity index (χ4n) is 3.26. The summed E-state index contributed by atoms with van der Waals surface area (Å²) < 4.78 is 12.1. The minimum absolute atomic E-state index is 0.236. The van der Waals surface area contributed by atoms with Gasteiger partial charge in [0, 0.05) is 25.4 Å². The third kappa shape index (κ3) is 1.61. The van der Waals surface area contributed by atoms with Crippen molar-refractivity contribution < 1.29 is 14.6 Å². The maximum atomic E-state index is 9.12. The fourth-order valence-corrected chi connectivity index (χ4v) is 3.26. The van der Waals surface area contributed by atoms with Crippen molar-refractivity contribution in [1.29, 1.82) is 0 Å². The summed E-state index contributed by atoms with van der Waals surface area (Å²) in [4.78, 5) is 0. The highest BCUT2D eigenvalue weighted by atomic mass is 16.7. The molecule has 3 aliphatic rings. The molecule has 1 spiro atoms. The lowest BCUT2D eigenvalue weighted by Gasteiger charge is -2.54. The van der Waals surface area contributed by atoms with E-state index in [0.29, 0.717) is 24.5 Å². The van der Waals surface area contributed by atoms with Crippen molar-refractivity contribution in [2.45, 2.75) is 50.4 Å². The Hall–Kier alpha value is -0.120. The van der Waals surface area contributed by atoms with Crippen LogP contribution < -0.4 is 0 Å². The molecule has 0 radical (unpaired) electrons. The van der Waals surface area contributed by atoms with Crippen LogP contribution in [0.5, 0.6) is 0 Å². The van der Waals surface area contributed by atoms with Crippen molar-refractivity contribution >= 4 is 0 Å². The number of aliphatic hydroxyl groups is 1. The molecule has 86 valence electrons. The molecule has 3 heteroatoms. The van der Waals surface area contributed by atoms with Crippen LogP contribution in [0.15, 0.2) is 0 Å². The van der Waals surface area contributed by atoms with Crippen LogP contribution in [-0.2, 0) is 9.47 Å². The standard InChI is InChI=1S/C12H20O3/c13-7-9-6-11-10(9)8-14-12(15-11)4-2-1-3-5-12/h9-11,13H,1-8H2/t9-,10-,11+/m1/s1. The summed E-state index contributed by atoms with van der Waals surface area (Å²) in [5.41, 5.74) is 0. The van der Waals surface area contributed by atoms with Crippen LogP contribution in [0.4, 0.5) is 0 Å². The first-order valence-corrected chi connectivity index (χ1v) is 6.26. The Balaban J connectivity index is 1.63. The first kappa shape index (κ1) is 10.1. The summed E-state index contributed by atoms with van der Waals surface area (Å²) in [5, 5.41) is 9.12. The van der Waals surface area contributed by atoms with Crippen molar-refractivity contribution in [3.05, 3.63) is 0 Å². The largest absolute Gasteiger partial charge is 0.396 e. The molecule has 15 heavy (non-hydrogen) atoms. The number of ether oxygens (including phenoxy) is 2. The van der Waals surface area contributed by atoms with Gasteiger partial charge in [0.25, 0.3) is 0 Å². The molecule has 3 nitrogen and oxygen atoms in total. The van der Waals surface area contributed by atoms with E-state index in [9.17, 15) is 0 Å². The van der Waals surface area contributed by atoms with Gasteiger partial charge in [0.1, 0.15) is 0 Å². The Labute approximate surface area is 90.8 Å². The molecule has 0 aromatic heterocycles. The van der Waals surface area contributed by atoms with Gasteiger partial charge in [-0.25, -0.2) is 0 Å². The molecule has 2 saturated carbocycles. The highest BCUT2D eigenvalue weighted by Gasteiger charge is 2.51. The topological polar surface area (TPSA) is 38.7 Å². The van der Waals surface area contributed by atoms with E-state index in [4.69, 9.17) is 14.6 Å². The van der Waals surface area contributed by atoms with Gasteiger partial charge in [-0.15, -0.1) is 0 Å². The van der Waals surface area contributed by atoms with Crippen LogP contribution in [0, 0.1) is 11.8 Å². The highest BCUT2D eigenvalue weighted by molar-refractivity contribution is 4.95. The van der Waals surface area contributed by atoms with E-state index in [-0.39, 0.29) is 5.79 Å². The van der Waals surface area contributed by atoms with Gasteiger partial charge in [0.15, 0.2) is 5.79 Å². The Bertz CT molecular complexity index is 235. The molecule has 1 N–H and O–H groups in total. The first-order valence-electron chi connectivity index (χ1n) is 6.26. The summed E-state index contributed by atoms with van der Waals surface area (Å²) in [6, 6.07) is 0. The molecular formula is C12H20O3. The van der Waals surface area contributed by atoms with Gasteiger partial charge in [0.05, 0.1) is 12.7 Å². The van der Waals surface area contributed by atoms with Crippen LogP contribution in [0.2, 0.25) is 0 Å². The van der Waals surface area contributed by atoms with E-state index in [1.165, 1.54) is 19.3 Å². The highest BCUT2D eigenvalue weighted by Crippen LogP contribution is 2.47. The number of aliphatic hydroxyl groups excluding tert-OH is 1. The molecular weight excluding hydrogens is 192 g/mol. The number of hydrogen-bond donors (Lipinski definition) is 1. The van der Waals surface area contributed by atoms with E-state index in [1.807, 2.05) is 0 Å². The third-order valence-corrected chi connectivity index (χ3v) is 4.37. The van der Waals surface area contributed by atoms with Crippen molar-refractivity contribution in [2.75, 3.05) is 13.2 Å². The predicted molar refractivity (Wildman–Crippen MR) is 55.3 cm³/mol. The third-order valence-electron chi connectivity index (χ3n) is 4.37. The van der Waals surface area contributed by atoms with E-state index in [2.05, 4.69) is 0 Å². The van der Waals surface area contributed by atoms with Crippen molar-refractivity contribution in [1.82, 2.24) is 0 Å². The van der Waals surface area contributed by atoms with Gasteiger partial charge in [0.2, 0.25) is 0 Å². The molecule has 1 aliphatic heterocycles. The van der Waals surface area contributed by atoms with Gasteiger partial charge in [-0.1, -0.05) is 6.42 Å². The van der Waals surface area contributed by atoms with Gasteiger partial charge in [-0.3, -0.25) is 0 Å². The molecule has 3 fully saturated rings. The quantitative estimate of drug-likeness (QED) is 0.719. The maximum absolute atomic E-state index is 9.12. The zero-order chi connectivity index (χ0) is 10.3. The molecule has 3 rings (SSSR count). The van der Waals surface area contributed by atoms with Gasteiger partial charge >= 0.3 is 0 Å². The second-order valence-electron chi connectivity index (χ2n) is 5.28. The van der Waals surface area contributed by atoms with Gasteiger partial charge in [-0.05, 0) is 25.2 Å². The van der Waals surface area contributed by atoms with Gasteiger partial charge in [-0.2, -0.15) is 0 Å². The maximum Gasteiger partial charge on any atom is 0.168 e. The lowest BCUT2D eigenvalue weighted by molar-refractivity contribution is -0.353. The minimum Gasteiger partial charge on any atom is -0.396 e. The Kier molecular flexibility index (Phi) is 2.49. The van der Waals surface area contributed by atoms with E-state index in [0.717, 1.165) is 25.9 Å². The van der Waals surface area contributed by atoms with E-state index < -0.39 is 0 Å². The summed E-state index contributed by atoms with van der Waals surface area (Å²) >= 11 is 0. The molecule has 0 aromatic rings. The normalized spacial score (nSPS) is 43.4. The molecule has 2 aliphatic carbocycles. The predicted octanol–water partition coefficient (Wildman–Crippen LogP) is 1.69. The van der Waals surface area contributed by atoms with E-state index >= 15 is 0 Å². The molecule has 1 heterocycles. The summed E-state index contributed by atoms with van der Waals surface area (Å²) in [6.07, 6.45) is 7.34. The van der Waals surface area contributed by atoms with Gasteiger partial charge < -0.3 is 14.6 Å². The molecule has 0 aromatic carbocycles. The first-order chi connectivity index (χ1) is 7.33. The van der Waals surface area contributed by atoms with Crippen molar-refractivity contribution in [3.8, 4) is 0 Å². The number of rotatable bonds is 1. The molecule has 0 unspecified atom stereocenters. The van der Waals surface area contributed by atoms with Crippen LogP contribution in [0.3, 0.4) is 0 Å².